The summed E-state index contributed by atoms with van der Waals surface area (Å²) in [4.78, 5) is 13.0. The van der Waals surface area contributed by atoms with Gasteiger partial charge in [0.1, 0.15) is 5.75 Å². The van der Waals surface area contributed by atoms with Gasteiger partial charge >= 0.3 is 0 Å². The molecule has 0 amide bonds. The minimum absolute atomic E-state index is 0.0405. The van der Waals surface area contributed by atoms with Gasteiger partial charge in [-0.05, 0) is 24.1 Å². The lowest BCUT2D eigenvalue weighted by molar-refractivity contribution is -0.120. The van der Waals surface area contributed by atoms with Crippen molar-refractivity contribution < 1.29 is 14.3 Å². The minimum atomic E-state index is -0.608. The van der Waals surface area contributed by atoms with Crippen molar-refractivity contribution >= 4 is 11.4 Å². The van der Waals surface area contributed by atoms with Crippen LogP contribution in [0.5, 0.6) is 5.75 Å². The Bertz CT molecular complexity index is 768. The normalized spacial score (nSPS) is 16.7. The molecule has 0 aromatic heterocycles. The van der Waals surface area contributed by atoms with Crippen molar-refractivity contribution in [1.82, 2.24) is 5.32 Å². The molecule has 1 N–H and O–H groups in total. The van der Waals surface area contributed by atoms with E-state index in [-0.39, 0.29) is 5.78 Å². The smallest absolute Gasteiger partial charge is 0.213 e. The highest BCUT2D eigenvalue weighted by Crippen LogP contribution is 2.37. The van der Waals surface area contributed by atoms with Crippen molar-refractivity contribution in [2.24, 2.45) is 0 Å². The number of nitrogens with one attached hydrogen (secondary N) is 1. The van der Waals surface area contributed by atoms with Crippen LogP contribution in [0.3, 0.4) is 0 Å². The molecule has 0 aliphatic carbocycles. The number of Topliss-reactive ketones (excluding diaryl/α,β-unsaturated/α-hetero) is 1. The molecule has 130 valence electrons. The number of carbonyl (C=O) groups excluding carboxylic acids is 1. The summed E-state index contributed by atoms with van der Waals surface area (Å²) in [5.74, 6) is 1.23. The van der Waals surface area contributed by atoms with Crippen LogP contribution in [-0.4, -0.2) is 19.4 Å². The lowest BCUT2D eigenvalue weighted by Crippen LogP contribution is -2.10. The van der Waals surface area contributed by atoms with Gasteiger partial charge in [0.25, 0.3) is 0 Å². The SMILES string of the molecule is CCCCOc1cccc(C2=C(NC)OC(c3ccccc3)C2=O)c1. The third-order valence-corrected chi connectivity index (χ3v) is 4.17. The maximum Gasteiger partial charge on any atom is 0.213 e. The molecule has 0 saturated carbocycles. The third-order valence-electron chi connectivity index (χ3n) is 4.17. The first-order valence-corrected chi connectivity index (χ1v) is 8.65. The van der Waals surface area contributed by atoms with Crippen LogP contribution < -0.4 is 10.1 Å². The minimum Gasteiger partial charge on any atom is -0.494 e. The van der Waals surface area contributed by atoms with Crippen LogP contribution in [0, 0.1) is 0 Å². The van der Waals surface area contributed by atoms with Crippen molar-refractivity contribution in [2.75, 3.05) is 13.7 Å². The Hall–Kier alpha value is -2.75. The molecule has 0 fully saturated rings. The van der Waals surface area contributed by atoms with Crippen LogP contribution in [0.25, 0.3) is 5.57 Å². The summed E-state index contributed by atoms with van der Waals surface area (Å²) in [5, 5.41) is 3.01. The number of carbonyl (C=O) groups is 1. The molecule has 2 aromatic rings. The van der Waals surface area contributed by atoms with Gasteiger partial charge in [0, 0.05) is 12.6 Å². The second-order valence-corrected chi connectivity index (χ2v) is 5.96. The Morgan fingerprint density at radius 3 is 2.64 bits per heavy atom. The molecule has 4 nitrogen and oxygen atoms in total. The molecule has 1 unspecified atom stereocenters. The number of benzene rings is 2. The topological polar surface area (TPSA) is 47.6 Å². The molecule has 2 aromatic carbocycles. The van der Waals surface area contributed by atoms with E-state index in [1.54, 1.807) is 7.05 Å². The van der Waals surface area contributed by atoms with E-state index in [9.17, 15) is 4.79 Å². The maximum atomic E-state index is 13.0. The summed E-state index contributed by atoms with van der Waals surface area (Å²) in [5.41, 5.74) is 2.23. The molecule has 4 heteroatoms. The monoisotopic (exact) mass is 337 g/mol. The highest BCUT2D eigenvalue weighted by Gasteiger charge is 2.36. The predicted molar refractivity (Wildman–Crippen MR) is 98.1 cm³/mol. The van der Waals surface area contributed by atoms with Crippen LogP contribution in [0.4, 0.5) is 0 Å². The molecule has 0 spiro atoms. The zero-order chi connectivity index (χ0) is 17.6. The largest absolute Gasteiger partial charge is 0.494 e. The van der Waals surface area contributed by atoms with Gasteiger partial charge < -0.3 is 14.8 Å². The van der Waals surface area contributed by atoms with Crippen LogP contribution in [0.2, 0.25) is 0 Å². The van der Waals surface area contributed by atoms with Gasteiger partial charge in [-0.2, -0.15) is 0 Å². The van der Waals surface area contributed by atoms with Crippen molar-refractivity contribution in [3.63, 3.8) is 0 Å². The van der Waals surface area contributed by atoms with E-state index in [0.29, 0.717) is 18.1 Å². The van der Waals surface area contributed by atoms with Gasteiger partial charge in [-0.1, -0.05) is 55.8 Å². The first-order valence-electron chi connectivity index (χ1n) is 8.65. The highest BCUT2D eigenvalue weighted by molar-refractivity contribution is 6.25. The molecule has 3 rings (SSSR count). The Balaban J connectivity index is 1.87. The Labute approximate surface area is 148 Å². The van der Waals surface area contributed by atoms with Crippen LogP contribution >= 0.6 is 0 Å². The standard InChI is InChI=1S/C21H23NO3/c1-3-4-13-24-17-12-8-11-16(14-17)18-19(23)20(25-21(18)22-2)15-9-6-5-7-10-15/h5-12,14,20,22H,3-4,13H2,1-2H3. The number of ether oxygens (including phenoxy) is 2. The van der Waals surface area contributed by atoms with Gasteiger partial charge in [-0.25, -0.2) is 0 Å². The number of unbranched alkanes of at least 4 members (excludes halogenated alkanes) is 1. The van der Waals surface area contributed by atoms with Crippen molar-refractivity contribution in [3.8, 4) is 5.75 Å². The Morgan fingerprint density at radius 1 is 1.12 bits per heavy atom. The molecule has 0 radical (unpaired) electrons. The second kappa shape index (κ2) is 7.88. The highest BCUT2D eigenvalue weighted by atomic mass is 16.5. The summed E-state index contributed by atoms with van der Waals surface area (Å²) in [7, 11) is 1.76. The van der Waals surface area contributed by atoms with Crippen molar-refractivity contribution in [1.29, 1.82) is 0 Å². The summed E-state index contributed by atoms with van der Waals surface area (Å²) in [6, 6.07) is 17.2. The quantitative estimate of drug-likeness (QED) is 0.773. The third kappa shape index (κ3) is 3.68. The van der Waals surface area contributed by atoms with E-state index in [1.807, 2.05) is 54.6 Å². The number of hydrogen-bond donors (Lipinski definition) is 1. The van der Waals surface area contributed by atoms with Gasteiger partial charge in [0.05, 0.1) is 12.2 Å². The summed E-state index contributed by atoms with van der Waals surface area (Å²) in [6.45, 7) is 2.80. The van der Waals surface area contributed by atoms with E-state index in [1.165, 1.54) is 0 Å². The fourth-order valence-corrected chi connectivity index (χ4v) is 2.85. The van der Waals surface area contributed by atoms with Crippen LogP contribution in [-0.2, 0) is 9.53 Å². The van der Waals surface area contributed by atoms with Crippen LogP contribution in [0.15, 0.2) is 60.5 Å². The zero-order valence-electron chi connectivity index (χ0n) is 14.6. The molecule has 0 saturated heterocycles. The summed E-state index contributed by atoms with van der Waals surface area (Å²) >= 11 is 0. The van der Waals surface area contributed by atoms with Gasteiger partial charge in [-0.3, -0.25) is 4.79 Å². The molecular formula is C21H23NO3. The lowest BCUT2D eigenvalue weighted by Gasteiger charge is -2.11. The van der Waals surface area contributed by atoms with E-state index >= 15 is 0 Å². The first kappa shape index (κ1) is 17.1. The van der Waals surface area contributed by atoms with Gasteiger partial charge in [0.2, 0.25) is 5.78 Å². The summed E-state index contributed by atoms with van der Waals surface area (Å²) < 4.78 is 11.7. The average molecular weight is 337 g/mol. The van der Waals surface area contributed by atoms with Gasteiger partial charge in [0.15, 0.2) is 12.0 Å². The number of rotatable bonds is 7. The van der Waals surface area contributed by atoms with Crippen LogP contribution in [0.1, 0.15) is 37.0 Å². The van der Waals surface area contributed by atoms with E-state index in [2.05, 4.69) is 12.2 Å². The molecule has 0 bridgehead atoms. The molecule has 1 heterocycles. The molecule has 1 atom stereocenters. The second-order valence-electron chi connectivity index (χ2n) is 5.96. The molecule has 1 aliphatic rings. The predicted octanol–water partition coefficient (Wildman–Crippen LogP) is 4.09. The Kier molecular flexibility index (Phi) is 5.39. The first-order chi connectivity index (χ1) is 12.2. The summed E-state index contributed by atoms with van der Waals surface area (Å²) in [6.07, 6.45) is 1.48. The fraction of sp³-hybridized carbons (Fsp3) is 0.286. The maximum absolute atomic E-state index is 13.0. The van der Waals surface area contributed by atoms with E-state index in [0.717, 1.165) is 29.7 Å². The fourth-order valence-electron chi connectivity index (χ4n) is 2.85. The number of hydrogen-bond acceptors (Lipinski definition) is 4. The molecular weight excluding hydrogens is 314 g/mol. The van der Waals surface area contributed by atoms with E-state index < -0.39 is 6.10 Å². The molecule has 25 heavy (non-hydrogen) atoms. The van der Waals surface area contributed by atoms with E-state index in [4.69, 9.17) is 9.47 Å². The number of ketones is 1. The zero-order valence-corrected chi connectivity index (χ0v) is 14.6. The molecule has 1 aliphatic heterocycles. The Morgan fingerprint density at radius 2 is 1.92 bits per heavy atom. The average Bonchev–Trinajstić information content (AvgIpc) is 2.99. The lowest BCUT2D eigenvalue weighted by atomic mass is 9.97. The van der Waals surface area contributed by atoms with Gasteiger partial charge in [-0.15, -0.1) is 0 Å². The van der Waals surface area contributed by atoms with Crippen molar-refractivity contribution in [3.05, 3.63) is 71.6 Å². The van der Waals surface area contributed by atoms with Crippen molar-refractivity contribution in [2.45, 2.75) is 25.9 Å².